The first-order valence-electron chi connectivity index (χ1n) is 4.27. The van der Waals surface area contributed by atoms with Crippen molar-refractivity contribution < 1.29 is 0 Å². The molecular weight excluding hydrogens is 120 g/mol. The SMILES string of the molecule is C1#CCCCCC[CH]CC1. The molecule has 0 bridgehead atoms. The molecule has 0 spiro atoms. The van der Waals surface area contributed by atoms with Crippen LogP contribution in [0.3, 0.4) is 0 Å². The molecule has 0 saturated heterocycles. The summed E-state index contributed by atoms with van der Waals surface area (Å²) in [6, 6.07) is 0. The second kappa shape index (κ2) is 5.35. The first-order chi connectivity index (χ1) is 5.00. The summed E-state index contributed by atoms with van der Waals surface area (Å²) in [7, 11) is 0. The van der Waals surface area contributed by atoms with Crippen molar-refractivity contribution in [3.05, 3.63) is 6.42 Å². The Morgan fingerprint density at radius 3 is 2.70 bits per heavy atom. The lowest BCUT2D eigenvalue weighted by Gasteiger charge is -1.99. The molecule has 1 rings (SSSR count). The Morgan fingerprint density at radius 1 is 0.800 bits per heavy atom. The van der Waals surface area contributed by atoms with Gasteiger partial charge in [0.15, 0.2) is 0 Å². The van der Waals surface area contributed by atoms with Crippen LogP contribution in [0.1, 0.15) is 44.9 Å². The lowest BCUT2D eigenvalue weighted by Crippen LogP contribution is -1.82. The van der Waals surface area contributed by atoms with Crippen molar-refractivity contribution in [1.29, 1.82) is 0 Å². The van der Waals surface area contributed by atoms with E-state index in [4.69, 9.17) is 0 Å². The Hall–Kier alpha value is -0.440. The molecule has 0 heteroatoms. The summed E-state index contributed by atoms with van der Waals surface area (Å²) in [6.45, 7) is 0. The van der Waals surface area contributed by atoms with E-state index in [1.807, 2.05) is 0 Å². The topological polar surface area (TPSA) is 0 Å². The first kappa shape index (κ1) is 7.66. The van der Waals surface area contributed by atoms with E-state index in [9.17, 15) is 0 Å². The normalized spacial score (nSPS) is 20.8. The minimum Gasteiger partial charge on any atom is -0.103 e. The zero-order valence-corrected chi connectivity index (χ0v) is 6.53. The van der Waals surface area contributed by atoms with Gasteiger partial charge in [-0.05, 0) is 19.3 Å². The molecule has 0 aromatic carbocycles. The predicted molar refractivity (Wildman–Crippen MR) is 44.4 cm³/mol. The Kier molecular flexibility index (Phi) is 4.10. The van der Waals surface area contributed by atoms with Gasteiger partial charge in [-0.2, -0.15) is 0 Å². The summed E-state index contributed by atoms with van der Waals surface area (Å²) in [5, 5.41) is 0. The van der Waals surface area contributed by atoms with Crippen LogP contribution < -0.4 is 0 Å². The molecule has 0 aromatic rings. The van der Waals surface area contributed by atoms with Gasteiger partial charge in [-0.3, -0.25) is 0 Å². The third-order valence-corrected chi connectivity index (χ3v) is 1.81. The zero-order chi connectivity index (χ0) is 7.07. The van der Waals surface area contributed by atoms with Gasteiger partial charge in [-0.25, -0.2) is 0 Å². The summed E-state index contributed by atoms with van der Waals surface area (Å²) in [4.78, 5) is 0. The Bertz CT molecular complexity index is 111. The van der Waals surface area contributed by atoms with E-state index >= 15 is 0 Å². The van der Waals surface area contributed by atoms with Gasteiger partial charge >= 0.3 is 0 Å². The molecule has 0 saturated carbocycles. The number of rotatable bonds is 0. The molecule has 55 valence electrons. The van der Waals surface area contributed by atoms with Gasteiger partial charge in [0, 0.05) is 12.8 Å². The van der Waals surface area contributed by atoms with Crippen LogP contribution in [-0.4, -0.2) is 0 Å². The Labute approximate surface area is 64.0 Å². The van der Waals surface area contributed by atoms with Gasteiger partial charge in [-0.15, -0.1) is 11.8 Å². The Balaban J connectivity index is 2.18. The van der Waals surface area contributed by atoms with Crippen molar-refractivity contribution >= 4 is 0 Å². The highest BCUT2D eigenvalue weighted by Crippen LogP contribution is 2.08. The summed E-state index contributed by atoms with van der Waals surface area (Å²) >= 11 is 0. The first-order valence-corrected chi connectivity index (χ1v) is 4.27. The van der Waals surface area contributed by atoms with Crippen LogP contribution in [0.4, 0.5) is 0 Å². The van der Waals surface area contributed by atoms with Gasteiger partial charge in [0.2, 0.25) is 0 Å². The van der Waals surface area contributed by atoms with Gasteiger partial charge < -0.3 is 0 Å². The Morgan fingerprint density at radius 2 is 1.70 bits per heavy atom. The van der Waals surface area contributed by atoms with Crippen LogP contribution in [0, 0.1) is 18.3 Å². The van der Waals surface area contributed by atoms with Gasteiger partial charge in [0.25, 0.3) is 0 Å². The maximum atomic E-state index is 3.18. The van der Waals surface area contributed by atoms with E-state index < -0.39 is 0 Å². The molecule has 0 fully saturated rings. The van der Waals surface area contributed by atoms with Crippen LogP contribution >= 0.6 is 0 Å². The van der Waals surface area contributed by atoms with Crippen molar-refractivity contribution in [2.24, 2.45) is 0 Å². The molecule has 0 unspecified atom stereocenters. The van der Waals surface area contributed by atoms with Crippen molar-refractivity contribution in [3.8, 4) is 11.8 Å². The molecule has 10 heavy (non-hydrogen) atoms. The largest absolute Gasteiger partial charge is 0.103 e. The molecule has 0 heterocycles. The average molecular weight is 135 g/mol. The summed E-state index contributed by atoms with van der Waals surface area (Å²) in [5.74, 6) is 6.36. The maximum Gasteiger partial charge on any atom is 0.00914 e. The lowest BCUT2D eigenvalue weighted by molar-refractivity contribution is 0.669. The third kappa shape index (κ3) is 3.56. The molecule has 0 atom stereocenters. The van der Waals surface area contributed by atoms with Crippen LogP contribution in [0.2, 0.25) is 0 Å². The van der Waals surface area contributed by atoms with E-state index in [0.717, 1.165) is 12.8 Å². The van der Waals surface area contributed by atoms with Crippen molar-refractivity contribution in [3.63, 3.8) is 0 Å². The third-order valence-electron chi connectivity index (χ3n) is 1.81. The quantitative estimate of drug-likeness (QED) is 0.448. The van der Waals surface area contributed by atoms with Crippen LogP contribution in [-0.2, 0) is 0 Å². The smallest absolute Gasteiger partial charge is 0.00914 e. The van der Waals surface area contributed by atoms with Crippen LogP contribution in [0.25, 0.3) is 0 Å². The minimum absolute atomic E-state index is 1.08. The van der Waals surface area contributed by atoms with E-state index in [1.54, 1.807) is 0 Å². The van der Waals surface area contributed by atoms with Crippen molar-refractivity contribution in [2.45, 2.75) is 44.9 Å². The molecule has 0 aromatic heterocycles. The van der Waals surface area contributed by atoms with Crippen molar-refractivity contribution in [1.82, 2.24) is 0 Å². The van der Waals surface area contributed by atoms with Crippen LogP contribution in [0.15, 0.2) is 0 Å². The molecule has 0 aliphatic heterocycles. The van der Waals surface area contributed by atoms with Crippen molar-refractivity contribution in [2.75, 3.05) is 0 Å². The molecule has 0 amide bonds. The second-order valence-corrected chi connectivity index (χ2v) is 2.78. The van der Waals surface area contributed by atoms with Gasteiger partial charge in [0.05, 0.1) is 0 Å². The summed E-state index contributed by atoms with van der Waals surface area (Å²) in [5.41, 5.74) is 0. The van der Waals surface area contributed by atoms with Gasteiger partial charge in [-0.1, -0.05) is 19.3 Å². The average Bonchev–Trinajstić information content (AvgIpc) is 2.01. The zero-order valence-electron chi connectivity index (χ0n) is 6.53. The molecular formula is C10H15. The molecule has 1 radical (unpaired) electrons. The van der Waals surface area contributed by atoms with E-state index in [0.29, 0.717) is 0 Å². The predicted octanol–water partition coefficient (Wildman–Crippen LogP) is 2.94. The van der Waals surface area contributed by atoms with E-state index in [2.05, 4.69) is 18.3 Å². The fourth-order valence-electron chi connectivity index (χ4n) is 1.17. The monoisotopic (exact) mass is 135 g/mol. The highest BCUT2D eigenvalue weighted by atomic mass is 14.0. The fraction of sp³-hybridized carbons (Fsp3) is 0.700. The van der Waals surface area contributed by atoms with E-state index in [-0.39, 0.29) is 0 Å². The number of hydrogen-bond acceptors (Lipinski definition) is 0. The molecule has 0 N–H and O–H groups in total. The molecule has 1 aliphatic rings. The second-order valence-electron chi connectivity index (χ2n) is 2.78. The standard InChI is InChI=1S/C10H15/c1-2-4-6-8-10-9-7-5-3-1/h1H,2-6,8,10H2. The minimum atomic E-state index is 1.08. The number of hydrogen-bond donors (Lipinski definition) is 0. The van der Waals surface area contributed by atoms with Gasteiger partial charge in [0.1, 0.15) is 0 Å². The highest BCUT2D eigenvalue weighted by molar-refractivity contribution is 4.99. The lowest BCUT2D eigenvalue weighted by atomic mass is 10.1. The maximum absolute atomic E-state index is 3.18. The fourth-order valence-corrected chi connectivity index (χ4v) is 1.17. The van der Waals surface area contributed by atoms with Crippen LogP contribution in [0.5, 0.6) is 0 Å². The molecule has 1 aliphatic carbocycles. The van der Waals surface area contributed by atoms with E-state index in [1.165, 1.54) is 32.1 Å². The molecule has 0 nitrogen and oxygen atoms in total. The summed E-state index contributed by atoms with van der Waals surface area (Å²) < 4.78 is 0. The highest BCUT2D eigenvalue weighted by Gasteiger charge is 1.91. The summed E-state index contributed by atoms with van der Waals surface area (Å²) in [6.07, 6.45) is 11.1.